The van der Waals surface area contributed by atoms with E-state index in [1.165, 1.54) is 18.2 Å². The number of fused-ring (bicyclic) bond motifs is 1. The number of aromatic amines is 1. The second kappa shape index (κ2) is 14.6. The molecule has 0 bridgehead atoms. The van der Waals surface area contributed by atoms with Crippen LogP contribution in [0.4, 0.5) is 5.95 Å². The van der Waals surface area contributed by atoms with Crippen LogP contribution in [-0.2, 0) is 22.0 Å². The summed E-state index contributed by atoms with van der Waals surface area (Å²) in [7, 11) is -4.24. The van der Waals surface area contributed by atoms with E-state index in [1.807, 2.05) is 38.1 Å². The van der Waals surface area contributed by atoms with E-state index >= 15 is 0 Å². The molecule has 0 unspecified atom stereocenters. The third kappa shape index (κ3) is 9.02. The highest BCUT2D eigenvalue weighted by Gasteiger charge is 2.39. The fraction of sp³-hybridized carbons (Fsp3) is 0.378. The largest absolute Gasteiger partial charge is 0.478 e. The van der Waals surface area contributed by atoms with Gasteiger partial charge in [0.25, 0.3) is 10.0 Å². The van der Waals surface area contributed by atoms with Gasteiger partial charge < -0.3 is 20.1 Å². The number of rotatable bonds is 13. The van der Waals surface area contributed by atoms with Crippen molar-refractivity contribution in [2.45, 2.75) is 83.7 Å². The van der Waals surface area contributed by atoms with Gasteiger partial charge in [-0.05, 0) is 73.9 Å². The van der Waals surface area contributed by atoms with Crippen molar-refractivity contribution in [3.05, 3.63) is 88.9 Å². The maximum absolute atomic E-state index is 13.4. The number of hydrogen-bond acceptors (Lipinski definition) is 9. The standard InChI is InChI=1S/C37H43N7O5S.ClH/c1-22-9-7-10-23(2)32(22)28-17-31(43-35(41-28)44-50(47,48)27-12-8-11-24(15-27)34(45)46)49-21-25(18-37(6)13-14-37)38-19-26-20-39-29-16-30(36(3,4)5)42-33(29)40-26;/h7-12,15-17,20,25,38H,13-14,18-19,21H2,1-6H3,(H,40,42)(H,45,46)(H,41,43,44);1H/t25-;/m1./s1. The number of nitrogens with one attached hydrogen (secondary N) is 3. The molecule has 1 aliphatic rings. The zero-order chi connectivity index (χ0) is 35.8. The molecule has 2 aromatic carbocycles. The summed E-state index contributed by atoms with van der Waals surface area (Å²) in [5, 5.41) is 13.0. The molecule has 5 aromatic rings. The van der Waals surface area contributed by atoms with Crippen molar-refractivity contribution in [1.29, 1.82) is 0 Å². The van der Waals surface area contributed by atoms with Gasteiger partial charge in [0.1, 0.15) is 12.1 Å². The predicted molar refractivity (Wildman–Crippen MR) is 199 cm³/mol. The number of carbonyl (C=O) groups is 1. The number of aromatic nitrogens is 5. The van der Waals surface area contributed by atoms with Crippen molar-refractivity contribution in [3.8, 4) is 17.1 Å². The van der Waals surface area contributed by atoms with Gasteiger partial charge in [0.05, 0.1) is 28.0 Å². The highest BCUT2D eigenvalue weighted by atomic mass is 35.5. The number of hydrogen-bond donors (Lipinski definition) is 4. The topological polar surface area (TPSA) is 172 Å². The predicted octanol–water partition coefficient (Wildman–Crippen LogP) is 6.98. The van der Waals surface area contributed by atoms with Gasteiger partial charge >= 0.3 is 5.97 Å². The van der Waals surface area contributed by atoms with Gasteiger partial charge in [-0.2, -0.15) is 4.98 Å². The lowest BCUT2D eigenvalue weighted by Crippen LogP contribution is -2.36. The maximum atomic E-state index is 13.4. The third-order valence-corrected chi connectivity index (χ3v) is 10.4. The lowest BCUT2D eigenvalue weighted by Gasteiger charge is -2.22. The van der Waals surface area contributed by atoms with Crippen molar-refractivity contribution < 1.29 is 23.1 Å². The molecule has 1 saturated carbocycles. The minimum atomic E-state index is -4.24. The van der Waals surface area contributed by atoms with Crippen LogP contribution in [0.25, 0.3) is 22.4 Å². The number of nitrogens with zero attached hydrogens (tertiary/aromatic N) is 4. The SMILES string of the molecule is Cc1cccc(C)c1-c1cc(OC[C@@H](CC2(C)CC2)NCc2cnc3cc(C(C)(C)C)[nH]c3n2)nc(NS(=O)(=O)c2cccc(C(=O)O)c2)n1.Cl. The van der Waals surface area contributed by atoms with E-state index < -0.39 is 16.0 Å². The van der Waals surface area contributed by atoms with Gasteiger partial charge in [0.15, 0.2) is 5.65 Å². The van der Waals surface area contributed by atoms with E-state index in [1.54, 1.807) is 12.3 Å². The Hall–Kier alpha value is -4.59. The van der Waals surface area contributed by atoms with E-state index in [9.17, 15) is 18.3 Å². The van der Waals surface area contributed by atoms with Gasteiger partial charge in [-0.1, -0.05) is 52.0 Å². The van der Waals surface area contributed by atoms with Crippen LogP contribution in [-0.4, -0.2) is 57.1 Å². The molecule has 0 saturated heterocycles. The molecule has 4 N–H and O–H groups in total. The molecule has 1 fully saturated rings. The van der Waals surface area contributed by atoms with Crippen LogP contribution in [0.15, 0.2) is 65.7 Å². The molecule has 6 rings (SSSR count). The van der Waals surface area contributed by atoms with Crippen LogP contribution in [0, 0.1) is 19.3 Å². The maximum Gasteiger partial charge on any atom is 0.335 e. The van der Waals surface area contributed by atoms with E-state index in [2.05, 4.69) is 57.7 Å². The van der Waals surface area contributed by atoms with Crippen LogP contribution < -0.4 is 14.8 Å². The number of carboxylic acids is 1. The van der Waals surface area contributed by atoms with E-state index in [4.69, 9.17) is 9.72 Å². The molecule has 51 heavy (non-hydrogen) atoms. The summed E-state index contributed by atoms with van der Waals surface area (Å²) in [6, 6.07) is 14.7. The first-order chi connectivity index (χ1) is 23.6. The van der Waals surface area contributed by atoms with Crippen LogP contribution in [0.5, 0.6) is 5.88 Å². The average Bonchev–Trinajstić information content (AvgIpc) is 3.60. The van der Waals surface area contributed by atoms with Crippen LogP contribution in [0.3, 0.4) is 0 Å². The lowest BCUT2D eigenvalue weighted by molar-refractivity contribution is 0.0696. The van der Waals surface area contributed by atoms with Crippen molar-refractivity contribution >= 4 is 45.5 Å². The highest BCUT2D eigenvalue weighted by molar-refractivity contribution is 7.92. The van der Waals surface area contributed by atoms with Crippen LogP contribution >= 0.6 is 12.4 Å². The molecule has 0 amide bonds. The number of benzene rings is 2. The Morgan fingerprint density at radius 1 is 1.04 bits per heavy atom. The summed E-state index contributed by atoms with van der Waals surface area (Å²) in [4.78, 5) is 33.2. The zero-order valence-electron chi connectivity index (χ0n) is 29.6. The number of halogens is 1. The summed E-state index contributed by atoms with van der Waals surface area (Å²) in [6.45, 7) is 13.3. The first-order valence-corrected chi connectivity index (χ1v) is 18.1. The molecule has 12 nitrogen and oxygen atoms in total. The molecular weight excluding hydrogens is 690 g/mol. The number of aromatic carboxylic acids is 1. The minimum Gasteiger partial charge on any atom is -0.478 e. The van der Waals surface area contributed by atoms with Crippen molar-refractivity contribution in [3.63, 3.8) is 0 Å². The summed E-state index contributed by atoms with van der Waals surface area (Å²) < 4.78 is 35.6. The molecule has 1 aliphatic carbocycles. The summed E-state index contributed by atoms with van der Waals surface area (Å²) in [5.74, 6) is -1.23. The molecule has 1 atom stereocenters. The molecule has 14 heteroatoms. The average molecular weight is 734 g/mol. The third-order valence-electron chi connectivity index (χ3n) is 9.10. The summed E-state index contributed by atoms with van der Waals surface area (Å²) in [5.41, 5.74) is 6.69. The van der Waals surface area contributed by atoms with Gasteiger partial charge in [0, 0.05) is 35.3 Å². The number of H-pyrrole nitrogens is 1. The molecule has 3 aromatic heterocycles. The molecule has 0 radical (unpaired) electrons. The quantitative estimate of drug-likeness (QED) is 0.0990. The first-order valence-electron chi connectivity index (χ1n) is 16.6. The first kappa shape index (κ1) is 37.7. The normalized spacial score (nSPS) is 14.5. The number of ether oxygens (including phenoxy) is 1. The molecule has 3 heterocycles. The number of carboxylic acid groups (broad SMARTS) is 1. The molecule has 270 valence electrons. The van der Waals surface area contributed by atoms with Crippen molar-refractivity contribution in [2.24, 2.45) is 5.41 Å². The fourth-order valence-corrected chi connectivity index (χ4v) is 6.92. The molecular formula is C37H44ClN7O5S. The Bertz CT molecular complexity index is 2160. The second-order valence-electron chi connectivity index (χ2n) is 14.6. The Kier molecular flexibility index (Phi) is 10.8. The smallest absolute Gasteiger partial charge is 0.335 e. The number of sulfonamides is 1. The minimum absolute atomic E-state index is 0. The Labute approximate surface area is 304 Å². The van der Waals surface area contributed by atoms with E-state index in [0.29, 0.717) is 12.2 Å². The Morgan fingerprint density at radius 3 is 2.41 bits per heavy atom. The van der Waals surface area contributed by atoms with E-state index in [0.717, 1.165) is 64.6 Å². The Morgan fingerprint density at radius 2 is 1.75 bits per heavy atom. The number of aryl methyl sites for hydroxylation is 2. The lowest BCUT2D eigenvalue weighted by atomic mass is 9.93. The summed E-state index contributed by atoms with van der Waals surface area (Å²) >= 11 is 0. The van der Waals surface area contributed by atoms with Gasteiger partial charge in [0.2, 0.25) is 11.8 Å². The van der Waals surface area contributed by atoms with Crippen molar-refractivity contribution in [2.75, 3.05) is 11.3 Å². The van der Waals surface area contributed by atoms with Crippen molar-refractivity contribution in [1.82, 2.24) is 30.2 Å². The monoisotopic (exact) mass is 733 g/mol. The van der Waals surface area contributed by atoms with Crippen LogP contribution in [0.2, 0.25) is 0 Å². The van der Waals surface area contributed by atoms with Crippen LogP contribution in [0.1, 0.15) is 79.8 Å². The molecule has 0 aliphatic heterocycles. The Balaban J connectivity index is 0.00000504. The second-order valence-corrected chi connectivity index (χ2v) is 16.2. The summed E-state index contributed by atoms with van der Waals surface area (Å²) in [6.07, 6.45) is 4.92. The van der Waals surface area contributed by atoms with Gasteiger partial charge in [-0.25, -0.2) is 27.9 Å². The number of anilines is 1. The van der Waals surface area contributed by atoms with Gasteiger partial charge in [-0.3, -0.25) is 4.98 Å². The van der Waals surface area contributed by atoms with E-state index in [-0.39, 0.29) is 58.2 Å². The molecule has 0 spiro atoms. The highest BCUT2D eigenvalue weighted by Crippen LogP contribution is 2.49. The fourth-order valence-electron chi connectivity index (χ4n) is 5.93. The zero-order valence-corrected chi connectivity index (χ0v) is 31.2. The van der Waals surface area contributed by atoms with Gasteiger partial charge in [-0.15, -0.1) is 12.4 Å².